The van der Waals surface area contributed by atoms with Crippen molar-refractivity contribution in [2.24, 2.45) is 11.1 Å². The number of hydrogen-bond acceptors (Lipinski definition) is 3. The van der Waals surface area contributed by atoms with Crippen molar-refractivity contribution in [3.05, 3.63) is 29.3 Å². The molecular weight excluding hydrogens is 230 g/mol. The van der Waals surface area contributed by atoms with Crippen molar-refractivity contribution >= 4 is 11.8 Å². The smallest absolute Gasteiger partial charge is 0.0505 e. The molecule has 3 rings (SSSR count). The lowest BCUT2D eigenvalue weighted by Gasteiger charge is -2.24. The van der Waals surface area contributed by atoms with Crippen molar-refractivity contribution in [3.63, 3.8) is 0 Å². The normalized spacial score (nSPS) is 22.9. The van der Waals surface area contributed by atoms with Crippen molar-refractivity contribution < 1.29 is 5.11 Å². The number of aryl methyl sites for hydroxylation is 1. The van der Waals surface area contributed by atoms with Gasteiger partial charge in [0.2, 0.25) is 0 Å². The molecule has 0 bridgehead atoms. The van der Waals surface area contributed by atoms with E-state index in [9.17, 15) is 5.11 Å². The first-order chi connectivity index (χ1) is 8.25. The zero-order valence-corrected chi connectivity index (χ0v) is 10.8. The van der Waals surface area contributed by atoms with E-state index in [0.29, 0.717) is 0 Å². The van der Waals surface area contributed by atoms with Crippen LogP contribution >= 0.6 is 11.8 Å². The molecule has 3 N–H and O–H groups in total. The number of nitrogens with two attached hydrogens (primary N) is 1. The number of fused-ring (bicyclic) bond motifs is 1. The van der Waals surface area contributed by atoms with Crippen LogP contribution in [0, 0.1) is 5.41 Å². The molecule has 0 saturated heterocycles. The van der Waals surface area contributed by atoms with Crippen molar-refractivity contribution in [2.45, 2.75) is 36.6 Å². The van der Waals surface area contributed by atoms with E-state index in [0.717, 1.165) is 12.8 Å². The predicted octanol–water partition coefficient (Wildman–Crippen LogP) is 2.50. The van der Waals surface area contributed by atoms with E-state index in [4.69, 9.17) is 5.73 Å². The fraction of sp³-hybridized carbons (Fsp3) is 0.571. The van der Waals surface area contributed by atoms with Crippen LogP contribution < -0.4 is 5.73 Å². The summed E-state index contributed by atoms with van der Waals surface area (Å²) in [5, 5.41) is 9.44. The Morgan fingerprint density at radius 3 is 2.94 bits per heavy atom. The molecule has 0 aromatic heterocycles. The molecule has 92 valence electrons. The van der Waals surface area contributed by atoms with Crippen LogP contribution in [0.25, 0.3) is 0 Å². The Morgan fingerprint density at radius 2 is 2.24 bits per heavy atom. The van der Waals surface area contributed by atoms with Gasteiger partial charge in [-0.15, -0.1) is 11.8 Å². The number of rotatable bonds is 3. The number of benzene rings is 1. The van der Waals surface area contributed by atoms with Crippen LogP contribution in [-0.2, 0) is 6.42 Å². The van der Waals surface area contributed by atoms with Gasteiger partial charge >= 0.3 is 0 Å². The second kappa shape index (κ2) is 4.30. The van der Waals surface area contributed by atoms with Crippen LogP contribution in [-0.4, -0.2) is 17.5 Å². The van der Waals surface area contributed by atoms with Gasteiger partial charge in [0.15, 0.2) is 0 Å². The lowest BCUT2D eigenvalue weighted by Crippen LogP contribution is -2.26. The monoisotopic (exact) mass is 249 g/mol. The van der Waals surface area contributed by atoms with E-state index in [1.54, 1.807) is 0 Å². The molecule has 1 aromatic rings. The summed E-state index contributed by atoms with van der Waals surface area (Å²) >= 11 is 1.95. The molecule has 0 radical (unpaired) electrons. The van der Waals surface area contributed by atoms with Gasteiger partial charge in [0, 0.05) is 16.4 Å². The van der Waals surface area contributed by atoms with Crippen LogP contribution in [0.15, 0.2) is 23.1 Å². The Morgan fingerprint density at radius 1 is 1.41 bits per heavy atom. The van der Waals surface area contributed by atoms with E-state index in [-0.39, 0.29) is 18.1 Å². The number of aliphatic hydroxyl groups excluding tert-OH is 1. The molecule has 0 spiro atoms. The summed E-state index contributed by atoms with van der Waals surface area (Å²) in [5.41, 5.74) is 8.95. The average molecular weight is 249 g/mol. The first-order valence-electron chi connectivity index (χ1n) is 6.37. The zero-order chi connectivity index (χ0) is 11.9. The molecule has 1 heterocycles. The van der Waals surface area contributed by atoms with Crippen LogP contribution in [0.2, 0.25) is 0 Å². The Balaban J connectivity index is 1.88. The number of aliphatic hydroxyl groups is 1. The first kappa shape index (κ1) is 11.6. The minimum absolute atomic E-state index is 0.00438. The maximum Gasteiger partial charge on any atom is 0.0505 e. The third-order valence-corrected chi connectivity index (χ3v) is 5.36. The third kappa shape index (κ3) is 2.01. The molecule has 1 atom stereocenters. The molecule has 2 aliphatic rings. The molecular formula is C14H19NOS. The van der Waals surface area contributed by atoms with E-state index in [1.165, 1.54) is 34.6 Å². The second-order valence-corrected chi connectivity index (χ2v) is 6.45. The van der Waals surface area contributed by atoms with Gasteiger partial charge in [-0.2, -0.15) is 0 Å². The van der Waals surface area contributed by atoms with E-state index >= 15 is 0 Å². The van der Waals surface area contributed by atoms with Gasteiger partial charge in [-0.1, -0.05) is 12.1 Å². The summed E-state index contributed by atoms with van der Waals surface area (Å²) in [6.07, 6.45) is 4.57. The molecule has 3 heteroatoms. The number of thioether (sulfide) groups is 1. The fourth-order valence-corrected chi connectivity index (χ4v) is 3.67. The minimum Gasteiger partial charge on any atom is -0.396 e. The highest BCUT2D eigenvalue weighted by atomic mass is 32.2. The molecule has 0 amide bonds. The molecule has 1 fully saturated rings. The predicted molar refractivity (Wildman–Crippen MR) is 71.2 cm³/mol. The van der Waals surface area contributed by atoms with Crippen molar-refractivity contribution in [3.8, 4) is 0 Å². The molecule has 1 aliphatic carbocycles. The lowest BCUT2D eigenvalue weighted by atomic mass is 9.90. The van der Waals surface area contributed by atoms with Gasteiger partial charge in [-0.25, -0.2) is 0 Å². The van der Waals surface area contributed by atoms with E-state index in [1.807, 2.05) is 11.8 Å². The van der Waals surface area contributed by atoms with Crippen molar-refractivity contribution in [1.29, 1.82) is 0 Å². The zero-order valence-electron chi connectivity index (χ0n) is 9.98. The maximum absolute atomic E-state index is 9.44. The lowest BCUT2D eigenvalue weighted by molar-refractivity contribution is 0.187. The largest absolute Gasteiger partial charge is 0.396 e. The molecule has 1 aliphatic heterocycles. The third-order valence-electron chi connectivity index (χ3n) is 4.16. The highest BCUT2D eigenvalue weighted by Gasteiger charge is 2.47. The summed E-state index contributed by atoms with van der Waals surface area (Å²) in [6, 6.07) is 6.63. The van der Waals surface area contributed by atoms with E-state index in [2.05, 4.69) is 18.2 Å². The molecule has 1 aromatic carbocycles. The molecule has 17 heavy (non-hydrogen) atoms. The summed E-state index contributed by atoms with van der Waals surface area (Å²) < 4.78 is 0. The van der Waals surface area contributed by atoms with Gasteiger partial charge in [0.1, 0.15) is 0 Å². The topological polar surface area (TPSA) is 46.2 Å². The van der Waals surface area contributed by atoms with Gasteiger partial charge in [-0.3, -0.25) is 0 Å². The highest BCUT2D eigenvalue weighted by Crippen LogP contribution is 2.53. The molecule has 2 nitrogen and oxygen atoms in total. The van der Waals surface area contributed by atoms with Crippen molar-refractivity contribution in [2.75, 3.05) is 12.4 Å². The van der Waals surface area contributed by atoms with E-state index < -0.39 is 0 Å². The average Bonchev–Trinajstić information content (AvgIpc) is 3.18. The maximum atomic E-state index is 9.44. The molecule has 1 unspecified atom stereocenters. The van der Waals surface area contributed by atoms with Crippen LogP contribution in [0.4, 0.5) is 0 Å². The Kier molecular flexibility index (Phi) is 2.93. The standard InChI is InChI=1S/C14H19NOS/c15-13(14(9-16)5-6-14)11-3-4-12-10(8-11)2-1-7-17-12/h3-4,8,13,16H,1-2,5-7,9,15H2. The SMILES string of the molecule is NC(c1ccc2c(c1)CCCS2)C1(CO)CC1. The quantitative estimate of drug-likeness (QED) is 0.865. The van der Waals surface area contributed by atoms with Crippen LogP contribution in [0.3, 0.4) is 0 Å². The summed E-state index contributed by atoms with van der Waals surface area (Å²) in [7, 11) is 0. The van der Waals surface area contributed by atoms with Gasteiger partial charge < -0.3 is 10.8 Å². The fourth-order valence-electron chi connectivity index (χ4n) is 2.66. The van der Waals surface area contributed by atoms with Crippen LogP contribution in [0.1, 0.15) is 36.4 Å². The summed E-state index contributed by atoms with van der Waals surface area (Å²) in [5.74, 6) is 1.24. The van der Waals surface area contributed by atoms with Gasteiger partial charge in [0.25, 0.3) is 0 Å². The second-order valence-electron chi connectivity index (χ2n) is 5.32. The Bertz CT molecular complexity index is 428. The van der Waals surface area contributed by atoms with Crippen molar-refractivity contribution in [1.82, 2.24) is 0 Å². The number of hydrogen-bond donors (Lipinski definition) is 2. The van der Waals surface area contributed by atoms with Crippen LogP contribution in [0.5, 0.6) is 0 Å². The summed E-state index contributed by atoms with van der Waals surface area (Å²) in [4.78, 5) is 1.42. The Hall–Kier alpha value is -0.510. The minimum atomic E-state index is -0.0178. The van der Waals surface area contributed by atoms with Gasteiger partial charge in [-0.05, 0) is 48.6 Å². The Labute approximate surface area is 107 Å². The summed E-state index contributed by atoms with van der Waals surface area (Å²) in [6.45, 7) is 0.222. The first-order valence-corrected chi connectivity index (χ1v) is 7.36. The highest BCUT2D eigenvalue weighted by molar-refractivity contribution is 7.99. The molecule has 1 saturated carbocycles. The van der Waals surface area contributed by atoms with Gasteiger partial charge in [0.05, 0.1) is 6.61 Å².